The van der Waals surface area contributed by atoms with E-state index in [1.807, 2.05) is 18.3 Å². The molecule has 0 fully saturated rings. The van der Waals surface area contributed by atoms with E-state index in [0.29, 0.717) is 0 Å². The van der Waals surface area contributed by atoms with Gasteiger partial charge >= 0.3 is 0 Å². The number of nitrogens with one attached hydrogen (secondary N) is 1. The molecule has 0 bridgehead atoms. The molecule has 2 aromatic heterocycles. The van der Waals surface area contributed by atoms with E-state index in [1.54, 1.807) is 0 Å². The van der Waals surface area contributed by atoms with Gasteiger partial charge < -0.3 is 4.98 Å². The fourth-order valence-electron chi connectivity index (χ4n) is 3.25. The Morgan fingerprint density at radius 2 is 2.13 bits per heavy atom. The summed E-state index contributed by atoms with van der Waals surface area (Å²) in [5.74, 6) is 0. The second-order valence-electron chi connectivity index (χ2n) is 5.87. The lowest BCUT2D eigenvalue weighted by molar-refractivity contribution is 0.257. The third kappa shape index (κ3) is 3.37. The fraction of sp³-hybridized carbons (Fsp3) is 0.278. The fourth-order valence-corrected chi connectivity index (χ4v) is 3.42. The second kappa shape index (κ2) is 6.91. The van der Waals surface area contributed by atoms with Crippen LogP contribution in [-0.2, 0) is 19.4 Å². The minimum absolute atomic E-state index is 0. The van der Waals surface area contributed by atoms with Gasteiger partial charge in [-0.25, -0.2) is 0 Å². The molecule has 5 heteroatoms. The van der Waals surface area contributed by atoms with E-state index < -0.39 is 0 Å². The van der Waals surface area contributed by atoms with Crippen LogP contribution in [0.4, 0.5) is 0 Å². The molecule has 23 heavy (non-hydrogen) atoms. The lowest BCUT2D eigenvalue weighted by Crippen LogP contribution is -2.32. The van der Waals surface area contributed by atoms with Crippen molar-refractivity contribution >= 4 is 34.9 Å². The largest absolute Gasteiger partial charge is 0.358 e. The van der Waals surface area contributed by atoms with Crippen molar-refractivity contribution in [2.45, 2.75) is 19.4 Å². The zero-order chi connectivity index (χ0) is 14.9. The highest BCUT2D eigenvalue weighted by Gasteiger charge is 2.20. The highest BCUT2D eigenvalue weighted by molar-refractivity contribution is 6.31. The molecule has 0 saturated carbocycles. The number of hydrogen-bond donors (Lipinski definition) is 1. The van der Waals surface area contributed by atoms with Crippen molar-refractivity contribution in [3.05, 3.63) is 64.6 Å². The van der Waals surface area contributed by atoms with Crippen LogP contribution in [0.1, 0.15) is 17.0 Å². The number of nitrogens with zero attached hydrogens (tertiary/aromatic N) is 2. The van der Waals surface area contributed by atoms with Gasteiger partial charge in [-0.1, -0.05) is 17.7 Å². The Balaban J connectivity index is 0.00000156. The molecule has 120 valence electrons. The number of hydrogen-bond acceptors (Lipinski definition) is 2. The predicted molar refractivity (Wildman–Crippen MR) is 97.5 cm³/mol. The number of rotatable bonds is 3. The Morgan fingerprint density at radius 1 is 1.22 bits per heavy atom. The molecule has 1 N–H and O–H groups in total. The zero-order valence-electron chi connectivity index (χ0n) is 12.8. The van der Waals surface area contributed by atoms with Crippen molar-refractivity contribution in [2.75, 3.05) is 13.1 Å². The molecule has 0 radical (unpaired) electrons. The number of halogens is 2. The molecule has 4 rings (SSSR count). The maximum absolute atomic E-state index is 6.16. The molecule has 3 nitrogen and oxygen atoms in total. The number of aromatic amines is 1. The van der Waals surface area contributed by atoms with Gasteiger partial charge in [0.25, 0.3) is 0 Å². The van der Waals surface area contributed by atoms with Gasteiger partial charge in [0.2, 0.25) is 0 Å². The highest BCUT2D eigenvalue weighted by atomic mass is 35.5. The van der Waals surface area contributed by atoms with Gasteiger partial charge in [-0.3, -0.25) is 9.88 Å². The molecular formula is C18H19Cl2N3. The maximum Gasteiger partial charge on any atom is 0.0460 e. The molecule has 1 aliphatic rings. The van der Waals surface area contributed by atoms with Crippen LogP contribution in [0.3, 0.4) is 0 Å². The summed E-state index contributed by atoms with van der Waals surface area (Å²) in [7, 11) is 0. The normalized spacial score (nSPS) is 14.5. The summed E-state index contributed by atoms with van der Waals surface area (Å²) in [5.41, 5.74) is 5.13. The predicted octanol–water partition coefficient (Wildman–Crippen LogP) is 4.24. The van der Waals surface area contributed by atoms with E-state index in [4.69, 9.17) is 11.6 Å². The van der Waals surface area contributed by atoms with Crippen LogP contribution in [0.5, 0.6) is 0 Å². The number of fused-ring (bicyclic) bond motifs is 3. The third-order valence-electron chi connectivity index (χ3n) is 4.43. The zero-order valence-corrected chi connectivity index (χ0v) is 14.3. The van der Waals surface area contributed by atoms with E-state index in [9.17, 15) is 0 Å². The van der Waals surface area contributed by atoms with Crippen molar-refractivity contribution in [1.29, 1.82) is 0 Å². The van der Waals surface area contributed by atoms with E-state index in [0.717, 1.165) is 43.2 Å². The van der Waals surface area contributed by atoms with E-state index >= 15 is 0 Å². The van der Waals surface area contributed by atoms with Crippen molar-refractivity contribution in [3.8, 4) is 0 Å². The summed E-state index contributed by atoms with van der Waals surface area (Å²) in [6.07, 6.45) is 3.94. The Labute approximate surface area is 147 Å². The van der Waals surface area contributed by atoms with Gasteiger partial charge in [0.05, 0.1) is 0 Å². The van der Waals surface area contributed by atoms with Gasteiger partial charge in [-0.15, -0.1) is 12.4 Å². The summed E-state index contributed by atoms with van der Waals surface area (Å²) < 4.78 is 0. The highest BCUT2D eigenvalue weighted by Crippen LogP contribution is 2.29. The van der Waals surface area contributed by atoms with Crippen molar-refractivity contribution < 1.29 is 0 Å². The second-order valence-corrected chi connectivity index (χ2v) is 6.31. The van der Waals surface area contributed by atoms with Gasteiger partial charge in [0, 0.05) is 66.0 Å². The molecule has 1 aromatic carbocycles. The first-order valence-electron chi connectivity index (χ1n) is 7.71. The summed E-state index contributed by atoms with van der Waals surface area (Å²) in [6, 6.07) is 12.2. The Bertz CT molecular complexity index is 799. The molecular weight excluding hydrogens is 329 g/mol. The number of pyridine rings is 1. The molecule has 0 saturated heterocycles. The van der Waals surface area contributed by atoms with E-state index in [1.165, 1.54) is 22.2 Å². The van der Waals surface area contributed by atoms with Crippen molar-refractivity contribution in [2.24, 2.45) is 0 Å². The average molecular weight is 348 g/mol. The van der Waals surface area contributed by atoms with Gasteiger partial charge in [0.15, 0.2) is 0 Å². The first-order chi connectivity index (χ1) is 10.8. The van der Waals surface area contributed by atoms with Crippen LogP contribution in [0.2, 0.25) is 5.02 Å². The molecule has 0 amide bonds. The number of benzene rings is 1. The molecule has 0 atom stereocenters. The molecule has 1 aliphatic heterocycles. The van der Waals surface area contributed by atoms with Crippen LogP contribution < -0.4 is 0 Å². The molecule has 3 aromatic rings. The summed E-state index contributed by atoms with van der Waals surface area (Å²) in [4.78, 5) is 10.5. The minimum atomic E-state index is 0. The van der Waals surface area contributed by atoms with Crippen molar-refractivity contribution in [1.82, 2.24) is 14.9 Å². The number of aromatic nitrogens is 2. The van der Waals surface area contributed by atoms with Crippen LogP contribution in [0.15, 0.2) is 42.6 Å². The lowest BCUT2D eigenvalue weighted by atomic mass is 10.0. The monoisotopic (exact) mass is 347 g/mol. The lowest BCUT2D eigenvalue weighted by Gasteiger charge is -2.26. The van der Waals surface area contributed by atoms with Crippen LogP contribution in [0.25, 0.3) is 10.9 Å². The topological polar surface area (TPSA) is 31.9 Å². The first-order valence-corrected chi connectivity index (χ1v) is 8.08. The first kappa shape index (κ1) is 16.3. The van der Waals surface area contributed by atoms with Crippen molar-refractivity contribution in [3.63, 3.8) is 0 Å². The molecule has 0 spiro atoms. The smallest absolute Gasteiger partial charge is 0.0460 e. The molecule has 0 aliphatic carbocycles. The average Bonchev–Trinajstić information content (AvgIpc) is 2.91. The van der Waals surface area contributed by atoms with Crippen LogP contribution in [-0.4, -0.2) is 28.0 Å². The molecule has 0 unspecified atom stereocenters. The third-order valence-corrected chi connectivity index (χ3v) is 4.66. The van der Waals surface area contributed by atoms with E-state index in [-0.39, 0.29) is 12.4 Å². The SMILES string of the molecule is Cl.Clc1ccc2[nH]c3c(c2c1)CN(CCc1ccccn1)CC3. The van der Waals surface area contributed by atoms with E-state index in [2.05, 4.69) is 39.1 Å². The Morgan fingerprint density at radius 3 is 2.96 bits per heavy atom. The van der Waals surface area contributed by atoms with Crippen LogP contribution >= 0.6 is 24.0 Å². The Hall–Kier alpha value is -1.55. The van der Waals surface area contributed by atoms with Gasteiger partial charge in [-0.2, -0.15) is 0 Å². The molecule has 3 heterocycles. The van der Waals surface area contributed by atoms with Crippen LogP contribution in [0, 0.1) is 0 Å². The Kier molecular flexibility index (Phi) is 4.90. The summed E-state index contributed by atoms with van der Waals surface area (Å²) in [5, 5.41) is 2.07. The number of H-pyrrole nitrogens is 1. The standard InChI is InChI=1S/C18H18ClN3.ClH/c19-13-4-5-17-15(11-13)16-12-22(10-7-18(16)21-17)9-6-14-3-1-2-8-20-14;/h1-5,8,11,21H,6-7,9-10,12H2;1H. The maximum atomic E-state index is 6.16. The quantitative estimate of drug-likeness (QED) is 0.768. The summed E-state index contributed by atoms with van der Waals surface area (Å²) >= 11 is 6.16. The van der Waals surface area contributed by atoms with Gasteiger partial charge in [-0.05, 0) is 35.9 Å². The minimum Gasteiger partial charge on any atom is -0.358 e. The van der Waals surface area contributed by atoms with Gasteiger partial charge in [0.1, 0.15) is 0 Å². The summed E-state index contributed by atoms with van der Waals surface area (Å²) in [6.45, 7) is 3.13.